The van der Waals surface area contributed by atoms with E-state index in [4.69, 9.17) is 4.74 Å². The Bertz CT molecular complexity index is 1440. The molecule has 1 saturated heterocycles. The van der Waals surface area contributed by atoms with Gasteiger partial charge in [0, 0.05) is 42.6 Å². The van der Waals surface area contributed by atoms with Crippen LogP contribution >= 0.6 is 0 Å². The van der Waals surface area contributed by atoms with Crippen molar-refractivity contribution in [3.05, 3.63) is 77.5 Å². The number of aryl methyl sites for hydroxylation is 1. The molecule has 0 spiro atoms. The van der Waals surface area contributed by atoms with Gasteiger partial charge in [0.25, 0.3) is 0 Å². The highest BCUT2D eigenvalue weighted by Crippen LogP contribution is 2.41. The summed E-state index contributed by atoms with van der Waals surface area (Å²) in [5, 5.41) is 0.796. The van der Waals surface area contributed by atoms with Crippen molar-refractivity contribution in [3.63, 3.8) is 0 Å². The maximum absolute atomic E-state index is 12.9. The van der Waals surface area contributed by atoms with Crippen LogP contribution in [0.15, 0.2) is 60.8 Å². The lowest BCUT2D eigenvalue weighted by Crippen LogP contribution is -2.22. The number of likely N-dealkylation sites (tertiary alicyclic amines) is 1. The van der Waals surface area contributed by atoms with E-state index in [2.05, 4.69) is 9.97 Å². The monoisotopic (exact) mass is 507 g/mol. The molecule has 1 atom stereocenters. The molecule has 190 valence electrons. The lowest BCUT2D eigenvalue weighted by Gasteiger charge is -2.23. The number of carbonyl (C=O) groups excluding carboxylic acids is 2. The van der Waals surface area contributed by atoms with Gasteiger partial charge < -0.3 is 19.4 Å². The third kappa shape index (κ3) is 5.07. The van der Waals surface area contributed by atoms with Gasteiger partial charge in [-0.05, 0) is 60.9 Å². The molecule has 1 unspecified atom stereocenters. The Morgan fingerprint density at radius 3 is 2.54 bits per heavy atom. The fourth-order valence-corrected chi connectivity index (χ4v) is 4.63. The van der Waals surface area contributed by atoms with Crippen LogP contribution in [0, 0.1) is 0 Å². The predicted molar refractivity (Wildman–Crippen MR) is 132 cm³/mol. The first-order chi connectivity index (χ1) is 17.7. The number of rotatable bonds is 7. The normalized spacial score (nSPS) is 15.9. The molecule has 3 heterocycles. The Hall–Kier alpha value is -4.14. The van der Waals surface area contributed by atoms with Crippen LogP contribution < -0.4 is 4.74 Å². The molecule has 2 aromatic carbocycles. The Morgan fingerprint density at radius 1 is 1.14 bits per heavy atom. The Kier molecular flexibility index (Phi) is 6.45. The quantitative estimate of drug-likeness (QED) is 0.291. The Balaban J connectivity index is 1.52. The van der Waals surface area contributed by atoms with Gasteiger partial charge in [-0.25, -0.2) is 0 Å². The summed E-state index contributed by atoms with van der Waals surface area (Å²) >= 11 is 0. The second kappa shape index (κ2) is 9.72. The van der Waals surface area contributed by atoms with Gasteiger partial charge in [-0.15, -0.1) is 0 Å². The number of pyridine rings is 1. The molecule has 1 aliphatic heterocycles. The lowest BCUT2D eigenvalue weighted by molar-refractivity contribution is -0.137. The van der Waals surface area contributed by atoms with Crippen molar-refractivity contribution >= 4 is 23.1 Å². The lowest BCUT2D eigenvalue weighted by atomic mass is 10.0. The molecule has 5 rings (SSSR count). The molecule has 6 nitrogen and oxygen atoms in total. The minimum atomic E-state index is -4.45. The van der Waals surface area contributed by atoms with Crippen molar-refractivity contribution in [3.8, 4) is 22.9 Å². The molecule has 2 aromatic heterocycles. The Morgan fingerprint density at radius 2 is 1.92 bits per heavy atom. The minimum absolute atomic E-state index is 0.0525. The van der Waals surface area contributed by atoms with Gasteiger partial charge in [-0.2, -0.15) is 13.2 Å². The first kappa shape index (κ1) is 24.5. The van der Waals surface area contributed by atoms with Crippen LogP contribution in [0.2, 0.25) is 0 Å². The van der Waals surface area contributed by atoms with E-state index in [1.165, 1.54) is 6.07 Å². The Labute approximate surface area is 211 Å². The summed E-state index contributed by atoms with van der Waals surface area (Å²) in [4.78, 5) is 31.9. The van der Waals surface area contributed by atoms with E-state index >= 15 is 0 Å². The third-order valence-corrected chi connectivity index (χ3v) is 6.67. The number of carbonyl (C=O) groups is 2. The summed E-state index contributed by atoms with van der Waals surface area (Å²) in [5.74, 6) is 1.25. The van der Waals surface area contributed by atoms with E-state index in [9.17, 15) is 22.8 Å². The van der Waals surface area contributed by atoms with Crippen LogP contribution in [-0.2, 0) is 22.2 Å². The van der Waals surface area contributed by atoms with E-state index in [0.29, 0.717) is 48.6 Å². The summed E-state index contributed by atoms with van der Waals surface area (Å²) in [6, 6.07) is 15.3. The number of halogens is 3. The van der Waals surface area contributed by atoms with Gasteiger partial charge in [0.05, 0.1) is 23.0 Å². The zero-order valence-corrected chi connectivity index (χ0v) is 20.0. The number of hydrogen-bond acceptors (Lipinski definition) is 4. The molecule has 9 heteroatoms. The van der Waals surface area contributed by atoms with Crippen LogP contribution in [-0.4, -0.2) is 34.1 Å². The zero-order chi connectivity index (χ0) is 26.2. The summed E-state index contributed by atoms with van der Waals surface area (Å²) in [6.45, 7) is 0. The van der Waals surface area contributed by atoms with Crippen molar-refractivity contribution in [1.82, 2.24) is 14.9 Å². The number of ether oxygens (including phenoxy) is 1. The number of fused-ring (bicyclic) bond motifs is 1. The molecule has 0 saturated carbocycles. The molecular weight excluding hydrogens is 483 g/mol. The smallest absolute Gasteiger partial charge is 0.417 e. The van der Waals surface area contributed by atoms with Gasteiger partial charge in [0.2, 0.25) is 5.91 Å². The molecule has 1 fully saturated rings. The van der Waals surface area contributed by atoms with Crippen LogP contribution in [0.1, 0.15) is 42.0 Å². The van der Waals surface area contributed by atoms with E-state index in [-0.39, 0.29) is 11.9 Å². The highest BCUT2D eigenvalue weighted by molar-refractivity contribution is 5.88. The first-order valence-electron chi connectivity index (χ1n) is 11.9. The number of nitrogens with one attached hydrogen (secondary N) is 1. The molecule has 1 aliphatic rings. The fourth-order valence-electron chi connectivity index (χ4n) is 4.63. The summed E-state index contributed by atoms with van der Waals surface area (Å²) < 4.78 is 45.1. The molecule has 1 amide bonds. The van der Waals surface area contributed by atoms with Crippen LogP contribution in [0.25, 0.3) is 22.3 Å². The van der Waals surface area contributed by atoms with Crippen molar-refractivity contribution in [2.24, 2.45) is 0 Å². The highest BCUT2D eigenvalue weighted by Gasteiger charge is 2.32. The number of alkyl halides is 3. The molecule has 0 aliphatic carbocycles. The van der Waals surface area contributed by atoms with Gasteiger partial charge in [0.1, 0.15) is 17.8 Å². The fraction of sp³-hybridized carbons (Fsp3) is 0.250. The van der Waals surface area contributed by atoms with Crippen molar-refractivity contribution in [2.75, 3.05) is 7.05 Å². The number of aromatic nitrogens is 2. The second-order valence-corrected chi connectivity index (χ2v) is 9.10. The maximum Gasteiger partial charge on any atom is 0.417 e. The van der Waals surface area contributed by atoms with Gasteiger partial charge >= 0.3 is 6.18 Å². The number of aldehydes is 1. The SMILES string of the molecule is CN1C(=O)CCC1c1cc2[nH]c(-c3ccc(C(F)(F)F)cn3)cc2cc1Oc1ccc(CCC=O)cc1. The minimum Gasteiger partial charge on any atom is -0.457 e. The van der Waals surface area contributed by atoms with E-state index in [1.807, 2.05) is 42.5 Å². The largest absolute Gasteiger partial charge is 0.457 e. The standard InChI is InChI=1S/C28H24F3N3O3/c1-34-25(10-11-27(34)36)21-15-23-18(13-24(33-23)22-9-6-19(16-32-22)28(29,30)31)14-26(21)37-20-7-4-17(5-8-20)3-2-12-35/h4-9,12-16,25,33H,2-3,10-11H2,1H3. The van der Waals surface area contributed by atoms with Gasteiger partial charge in [-0.1, -0.05) is 12.1 Å². The molecule has 37 heavy (non-hydrogen) atoms. The first-order valence-corrected chi connectivity index (χ1v) is 11.9. The van der Waals surface area contributed by atoms with Crippen molar-refractivity contribution < 1.29 is 27.5 Å². The number of amides is 1. The summed E-state index contributed by atoms with van der Waals surface area (Å²) in [5.41, 5.74) is 2.76. The summed E-state index contributed by atoms with van der Waals surface area (Å²) in [6.07, 6.45) is -0.558. The van der Waals surface area contributed by atoms with Crippen molar-refractivity contribution in [2.45, 2.75) is 37.9 Å². The van der Waals surface area contributed by atoms with E-state index in [0.717, 1.165) is 40.6 Å². The van der Waals surface area contributed by atoms with Crippen molar-refractivity contribution in [1.29, 1.82) is 0 Å². The van der Waals surface area contributed by atoms with Gasteiger partial charge in [0.15, 0.2) is 0 Å². The highest BCUT2D eigenvalue weighted by atomic mass is 19.4. The predicted octanol–water partition coefficient (Wildman–Crippen LogP) is 6.47. The van der Waals surface area contributed by atoms with E-state index < -0.39 is 11.7 Å². The molecule has 4 aromatic rings. The number of hydrogen-bond donors (Lipinski definition) is 1. The second-order valence-electron chi connectivity index (χ2n) is 9.10. The topological polar surface area (TPSA) is 75.3 Å². The van der Waals surface area contributed by atoms with Crippen LogP contribution in [0.3, 0.4) is 0 Å². The van der Waals surface area contributed by atoms with E-state index in [1.54, 1.807) is 11.9 Å². The van der Waals surface area contributed by atoms with Crippen LogP contribution in [0.4, 0.5) is 13.2 Å². The number of aromatic amines is 1. The summed E-state index contributed by atoms with van der Waals surface area (Å²) in [7, 11) is 1.77. The molecule has 0 radical (unpaired) electrons. The molecule has 0 bridgehead atoms. The molecule has 1 N–H and O–H groups in total. The number of benzene rings is 2. The number of nitrogens with zero attached hydrogens (tertiary/aromatic N) is 2. The van der Waals surface area contributed by atoms with Crippen LogP contribution in [0.5, 0.6) is 11.5 Å². The third-order valence-electron chi connectivity index (χ3n) is 6.67. The average Bonchev–Trinajstić information content (AvgIpc) is 3.45. The van der Waals surface area contributed by atoms with Gasteiger partial charge in [-0.3, -0.25) is 9.78 Å². The maximum atomic E-state index is 12.9. The molecular formula is C28H24F3N3O3. The zero-order valence-electron chi connectivity index (χ0n) is 20.0. The number of H-pyrrole nitrogens is 1. The average molecular weight is 508 g/mol.